The van der Waals surface area contributed by atoms with Gasteiger partial charge in [-0.25, -0.2) is 0 Å². The van der Waals surface area contributed by atoms with Crippen LogP contribution in [0.5, 0.6) is 0 Å². The van der Waals surface area contributed by atoms with Gasteiger partial charge in [-0.05, 0) is 142 Å². The van der Waals surface area contributed by atoms with E-state index in [9.17, 15) is 0 Å². The van der Waals surface area contributed by atoms with Crippen molar-refractivity contribution in [2.75, 3.05) is 13.7 Å². The topological polar surface area (TPSA) is 105 Å². The number of hydrogen-bond donors (Lipinski definition) is 3. The molecule has 0 spiro atoms. The van der Waals surface area contributed by atoms with Crippen LogP contribution >= 0.6 is 0 Å². The van der Waals surface area contributed by atoms with Crippen molar-refractivity contribution in [2.45, 2.75) is 170 Å². The molecule has 0 bridgehead atoms. The number of nitrogens with zero attached hydrogens (tertiary/aromatic N) is 1. The van der Waals surface area contributed by atoms with E-state index in [1.165, 1.54) is 116 Å². The van der Waals surface area contributed by atoms with Crippen LogP contribution in [-0.4, -0.2) is 18.8 Å². The lowest BCUT2D eigenvalue weighted by Crippen LogP contribution is -1.97. The Bertz CT molecular complexity index is 1360. The molecule has 4 heteroatoms. The number of rotatable bonds is 19. The molecule has 326 valence electrons. The average molecular weight is 756 g/mol. The molecule has 0 radical (unpaired) electrons. The number of aliphatic hydroxyl groups excluding tert-OH is 1. The zero-order valence-corrected chi connectivity index (χ0v) is 34.5. The Morgan fingerprint density at radius 1 is 0.377 bits per heavy atom. The highest BCUT2D eigenvalue weighted by molar-refractivity contribution is 5.43. The average Bonchev–Trinajstić information content (AvgIpc) is 3.17. The lowest BCUT2D eigenvalue weighted by molar-refractivity contribution is 0.399. The Morgan fingerprint density at radius 3 is 0.792 bits per heavy atom. The second kappa shape index (κ2) is 72.6. The summed E-state index contributed by atoms with van der Waals surface area (Å²) in [5.41, 5.74) is 5.42. The molecule has 0 rings (SSSR count). The van der Waals surface area contributed by atoms with Crippen molar-refractivity contribution in [3.8, 4) is 124 Å². The molecule has 0 saturated carbocycles. The largest absolute Gasteiger partial charge is 0.400 e. The van der Waals surface area contributed by atoms with E-state index in [4.69, 9.17) is 16.1 Å². The van der Waals surface area contributed by atoms with E-state index in [0.717, 1.165) is 26.5 Å². The Labute approximate surface area is 359 Å². The van der Waals surface area contributed by atoms with Crippen molar-refractivity contribution in [3.63, 3.8) is 0 Å². The van der Waals surface area contributed by atoms with Crippen LogP contribution in [0.15, 0.2) is 0 Å². The van der Waals surface area contributed by atoms with Gasteiger partial charge in [0.15, 0.2) is 0 Å². The maximum atomic E-state index is 8.32. The quantitative estimate of drug-likeness (QED) is 0.0901. The van der Waals surface area contributed by atoms with Crippen molar-refractivity contribution in [3.05, 3.63) is 0 Å². The summed E-state index contributed by atoms with van der Waals surface area (Å²) in [5.74, 6) is 51.1. The zero-order chi connectivity index (χ0) is 39.7. The fourth-order valence-corrected chi connectivity index (χ4v) is 3.77. The van der Waals surface area contributed by atoms with E-state index in [0.29, 0.717) is 0 Å². The van der Waals surface area contributed by atoms with Gasteiger partial charge in [-0.15, -0.1) is 0 Å². The summed E-state index contributed by atoms with van der Waals surface area (Å²) < 4.78 is 0. The van der Waals surface area contributed by atoms with Crippen LogP contribution in [0.3, 0.4) is 0 Å². The number of hydrogen-bond acceptors (Lipinski definition) is 4. The second-order valence-corrected chi connectivity index (χ2v) is 10.7. The summed E-state index contributed by atoms with van der Waals surface area (Å²) in [6.45, 7) is 12.3. The van der Waals surface area contributed by atoms with Crippen LogP contribution < -0.4 is 11.9 Å². The van der Waals surface area contributed by atoms with Crippen molar-refractivity contribution < 1.29 is 33.6 Å². The van der Waals surface area contributed by atoms with E-state index >= 15 is 0 Å². The first-order valence-corrected chi connectivity index (χ1v) is 18.8. The number of aliphatic hydroxyl groups is 1. The molecule has 0 aromatic rings. The molecule has 0 aliphatic rings. The molecule has 0 atom stereocenters. The summed E-state index contributed by atoms with van der Waals surface area (Å²) in [7, 11) is 1.00. The Kier molecular flexibility index (Phi) is 82.3. The molecule has 0 aromatic carbocycles. The maximum Gasteiger partial charge on any atom is 0.0621 e. The van der Waals surface area contributed by atoms with E-state index in [2.05, 4.69) is 138 Å². The highest BCUT2D eigenvalue weighted by atomic mass is 16.2. The van der Waals surface area contributed by atoms with Crippen LogP contribution in [-0.2, 0) is 0 Å². The minimum Gasteiger partial charge on any atom is -0.400 e. The van der Waals surface area contributed by atoms with Crippen molar-refractivity contribution in [2.24, 2.45) is 5.73 Å². The lowest BCUT2D eigenvalue weighted by atomic mass is 10.1. The predicted octanol–water partition coefficient (Wildman–Crippen LogP) is 15.1. The van der Waals surface area contributed by atoms with Gasteiger partial charge in [-0.3, -0.25) is 0 Å². The number of unbranched alkanes of at least 4 members (excludes halogenated alkanes) is 18. The Morgan fingerprint density at radius 2 is 0.585 bits per heavy atom. The first-order chi connectivity index (χ1) is 25.7. The first-order valence-electron chi connectivity index (χ1n) is 18.8. The van der Waals surface area contributed by atoms with Crippen molar-refractivity contribution >= 4 is 0 Å². The number of nitrogens with two attached hydrogens (primary N) is 1. The lowest BCUT2D eigenvalue weighted by Gasteiger charge is -2.00. The first kappa shape index (κ1) is 60.1. The van der Waals surface area contributed by atoms with Crippen molar-refractivity contribution in [1.82, 2.24) is 6.15 Å². The van der Waals surface area contributed by atoms with Gasteiger partial charge in [0, 0.05) is 42.1 Å². The molecule has 6 N–H and O–H groups in total. The normalized spacial score (nSPS) is 6.87. The van der Waals surface area contributed by atoms with Gasteiger partial charge < -0.3 is 17.0 Å². The minimum absolute atomic E-state index is 0. The zero-order valence-electron chi connectivity index (χ0n) is 34.5. The third-order valence-corrected chi connectivity index (χ3v) is 6.32. The maximum absolute atomic E-state index is 8.32. The van der Waals surface area contributed by atoms with Crippen LogP contribution in [0.4, 0.5) is 0 Å². The Hall–Kier alpha value is -5.03. The smallest absolute Gasteiger partial charge is 0.0621 e. The second-order valence-electron chi connectivity index (χ2n) is 10.7. The van der Waals surface area contributed by atoms with Gasteiger partial charge in [-0.2, -0.15) is 5.26 Å². The molecule has 0 aliphatic carbocycles. The summed E-state index contributed by atoms with van der Waals surface area (Å²) >= 11 is 0. The van der Waals surface area contributed by atoms with Gasteiger partial charge >= 0.3 is 0 Å². The standard InChI is InChI=1S/C12H27N.C12H23N.2C12H6.CH4O.H3N.20H2/c2*1-2-3-4-5-6-7-8-9-10-11-12-13;2*1-3-5-7-9-11-12-10-8-6-4-2;1-2;;;;;;;;;;;;;;;;;;;;;/h2-13H2,1H3;2-11H2,1H3;2*1-2H3;2H,1H3;1H3;20*1H. The van der Waals surface area contributed by atoms with E-state index in [1.54, 1.807) is 27.7 Å². The molecule has 0 saturated heterocycles. The molecular weight excluding hydrogens is 647 g/mol. The third kappa shape index (κ3) is 87.4. The monoisotopic (exact) mass is 756 g/mol. The fraction of sp³-hybridized carbons (Fsp3) is 0.571. The fourth-order valence-electron chi connectivity index (χ4n) is 3.77. The van der Waals surface area contributed by atoms with Gasteiger partial charge in [0.25, 0.3) is 0 Å². The van der Waals surface area contributed by atoms with Gasteiger partial charge in [0.1, 0.15) is 0 Å². The Balaban J connectivity index is -0.0000000152. The molecule has 0 fully saturated rings. The molecule has 53 heavy (non-hydrogen) atoms. The summed E-state index contributed by atoms with van der Waals surface area (Å²) in [5, 5.41) is 15.3. The summed E-state index contributed by atoms with van der Waals surface area (Å²) in [4.78, 5) is 0. The van der Waals surface area contributed by atoms with Crippen LogP contribution in [0.25, 0.3) is 0 Å². The highest BCUT2D eigenvalue weighted by Crippen LogP contribution is 2.11. The molecular formula is C49H109N3O. The van der Waals surface area contributed by atoms with Crippen LogP contribution in [0, 0.1) is 130 Å². The molecule has 0 amide bonds. The van der Waals surface area contributed by atoms with Crippen LogP contribution in [0.1, 0.15) is 198 Å². The molecule has 4 nitrogen and oxygen atoms in total. The van der Waals surface area contributed by atoms with E-state index in [-0.39, 0.29) is 34.7 Å². The summed E-state index contributed by atoms with van der Waals surface area (Å²) in [6, 6.07) is 2.19. The van der Waals surface area contributed by atoms with Gasteiger partial charge in [0.2, 0.25) is 0 Å². The molecule has 0 unspecified atom stereocenters. The van der Waals surface area contributed by atoms with Crippen molar-refractivity contribution in [1.29, 1.82) is 5.26 Å². The predicted molar refractivity (Wildman–Crippen MR) is 274 cm³/mol. The molecule has 0 aromatic heterocycles. The van der Waals surface area contributed by atoms with Gasteiger partial charge in [0.05, 0.1) is 6.07 Å². The van der Waals surface area contributed by atoms with Gasteiger partial charge in [-0.1, -0.05) is 147 Å². The highest BCUT2D eigenvalue weighted by Gasteiger charge is 1.92. The summed E-state index contributed by atoms with van der Waals surface area (Å²) in [6.07, 6.45) is 26.7. The van der Waals surface area contributed by atoms with E-state index in [1.807, 2.05) is 0 Å². The van der Waals surface area contributed by atoms with E-state index < -0.39 is 0 Å². The molecule has 0 heterocycles. The SMILES string of the molecule is CC#CC#CC#CC#CC#CC.CC#CC#CC#CC#CC#CC.CCCCCCCCCCCC#N.CCCCCCCCCCCCN.CO.N.[HH].[HH].[HH].[HH].[HH].[HH].[HH].[HH].[HH].[HH].[HH].[HH].[HH].[HH].[HH].[HH].[HH].[HH].[HH].[HH]. The minimum atomic E-state index is 0. The number of nitriles is 1. The third-order valence-electron chi connectivity index (χ3n) is 6.32. The molecule has 0 aliphatic heterocycles. The van der Waals surface area contributed by atoms with Crippen LogP contribution in [0.2, 0.25) is 0 Å².